The van der Waals surface area contributed by atoms with Gasteiger partial charge >= 0.3 is 0 Å². The molecule has 4 heteroatoms. The van der Waals surface area contributed by atoms with Gasteiger partial charge in [-0.05, 0) is 12.1 Å². The summed E-state index contributed by atoms with van der Waals surface area (Å²) in [7, 11) is 3.76. The largest absolute Gasteiger partial charge is 0.354 e. The zero-order valence-corrected chi connectivity index (χ0v) is 8.84. The van der Waals surface area contributed by atoms with Gasteiger partial charge in [0.05, 0.1) is 5.39 Å². The van der Waals surface area contributed by atoms with Crippen molar-refractivity contribution in [3.8, 4) is 0 Å². The average Bonchev–Trinajstić information content (AvgIpc) is 2.17. The number of rotatable bonds is 1. The van der Waals surface area contributed by atoms with Crippen LogP contribution in [0, 0.1) is 0 Å². The molecule has 2 aromatic rings. The molecule has 14 heavy (non-hydrogen) atoms. The zero-order chi connectivity index (χ0) is 10.1. The van der Waals surface area contributed by atoms with E-state index >= 15 is 0 Å². The second-order valence-corrected chi connectivity index (χ2v) is 4.20. The minimum absolute atomic E-state index is 0.150. The number of benzene rings is 1. The first-order valence-electron chi connectivity index (χ1n) is 4.25. The van der Waals surface area contributed by atoms with E-state index in [1.165, 1.54) is 11.3 Å². The van der Waals surface area contributed by atoms with Gasteiger partial charge in [-0.15, -0.1) is 0 Å². The summed E-state index contributed by atoms with van der Waals surface area (Å²) < 4.78 is 0.983. The van der Waals surface area contributed by atoms with E-state index in [0.29, 0.717) is 5.39 Å². The Morgan fingerprint density at radius 2 is 2.00 bits per heavy atom. The molecule has 1 heterocycles. The van der Waals surface area contributed by atoms with Crippen molar-refractivity contribution >= 4 is 26.6 Å². The van der Waals surface area contributed by atoms with Crippen molar-refractivity contribution in [3.05, 3.63) is 34.6 Å². The molecule has 3 nitrogen and oxygen atoms in total. The number of hydrogen-bond donors (Lipinski definition) is 0. The molecule has 0 saturated heterocycles. The molecular weight excluding hydrogens is 196 g/mol. The molecule has 1 aromatic carbocycles. The van der Waals surface area contributed by atoms with Crippen LogP contribution >= 0.6 is 11.3 Å². The van der Waals surface area contributed by atoms with Crippen LogP contribution in [0.4, 0.5) is 5.13 Å². The first kappa shape index (κ1) is 9.15. The number of hydrogen-bond acceptors (Lipinski definition) is 4. The standard InChI is InChI=1S/C10H10N2OS/c1-12(2)10-11-9(13)7-5-3-4-6-8(7)14-10/h3-6H,1-2H3. The number of aromatic nitrogens is 1. The number of fused-ring (bicyclic) bond motifs is 1. The minimum Gasteiger partial charge on any atom is -0.354 e. The first-order valence-corrected chi connectivity index (χ1v) is 5.07. The summed E-state index contributed by atoms with van der Waals surface area (Å²) in [6, 6.07) is 7.53. The van der Waals surface area contributed by atoms with Crippen LogP contribution < -0.4 is 10.5 Å². The summed E-state index contributed by atoms with van der Waals surface area (Å²) in [6.45, 7) is 0. The second kappa shape index (κ2) is 3.38. The third kappa shape index (κ3) is 1.48. The van der Waals surface area contributed by atoms with Crippen LogP contribution in [0.5, 0.6) is 0 Å². The Morgan fingerprint density at radius 3 is 2.71 bits per heavy atom. The van der Waals surface area contributed by atoms with Gasteiger partial charge < -0.3 is 4.90 Å². The van der Waals surface area contributed by atoms with Gasteiger partial charge in [0.15, 0.2) is 5.13 Å². The van der Waals surface area contributed by atoms with Crippen LogP contribution in [-0.2, 0) is 0 Å². The highest BCUT2D eigenvalue weighted by Crippen LogP contribution is 2.21. The Kier molecular flexibility index (Phi) is 2.21. The fraction of sp³-hybridized carbons (Fsp3) is 0.200. The van der Waals surface area contributed by atoms with Gasteiger partial charge in [-0.25, -0.2) is 0 Å². The van der Waals surface area contributed by atoms with Crippen molar-refractivity contribution in [1.82, 2.24) is 4.98 Å². The fourth-order valence-electron chi connectivity index (χ4n) is 1.19. The van der Waals surface area contributed by atoms with E-state index in [0.717, 1.165) is 9.83 Å². The Balaban J connectivity index is 2.79. The number of nitrogens with zero attached hydrogens (tertiary/aromatic N) is 2. The van der Waals surface area contributed by atoms with Crippen molar-refractivity contribution in [3.63, 3.8) is 0 Å². The van der Waals surface area contributed by atoms with E-state index in [-0.39, 0.29) is 5.56 Å². The summed E-state index contributed by atoms with van der Waals surface area (Å²) in [4.78, 5) is 17.4. The Labute approximate surface area is 85.6 Å². The molecule has 0 N–H and O–H groups in total. The van der Waals surface area contributed by atoms with Gasteiger partial charge in [-0.2, -0.15) is 4.98 Å². The van der Waals surface area contributed by atoms with Gasteiger partial charge in [0, 0.05) is 18.8 Å². The van der Waals surface area contributed by atoms with Gasteiger partial charge in [0.1, 0.15) is 0 Å². The normalized spacial score (nSPS) is 10.4. The molecule has 0 saturated carbocycles. The van der Waals surface area contributed by atoms with Gasteiger partial charge in [0.2, 0.25) is 0 Å². The molecule has 0 aliphatic rings. The lowest BCUT2D eigenvalue weighted by molar-refractivity contribution is 1.09. The quantitative estimate of drug-likeness (QED) is 0.712. The Morgan fingerprint density at radius 1 is 1.29 bits per heavy atom. The highest BCUT2D eigenvalue weighted by atomic mass is 32.1. The summed E-state index contributed by atoms with van der Waals surface area (Å²) in [6.07, 6.45) is 0. The van der Waals surface area contributed by atoms with Crippen LogP contribution in [0.15, 0.2) is 29.1 Å². The fourth-order valence-corrected chi connectivity index (χ4v) is 2.11. The topological polar surface area (TPSA) is 33.2 Å². The third-order valence-corrected chi connectivity index (χ3v) is 3.11. The van der Waals surface area contributed by atoms with Gasteiger partial charge in [-0.1, -0.05) is 23.5 Å². The molecule has 0 radical (unpaired) electrons. The maximum Gasteiger partial charge on any atom is 0.281 e. The molecule has 0 spiro atoms. The van der Waals surface area contributed by atoms with E-state index in [9.17, 15) is 4.79 Å². The van der Waals surface area contributed by atoms with E-state index in [1.54, 1.807) is 6.07 Å². The number of anilines is 1. The molecule has 2 rings (SSSR count). The molecule has 0 fully saturated rings. The van der Waals surface area contributed by atoms with Crippen molar-refractivity contribution in [2.45, 2.75) is 0 Å². The average molecular weight is 206 g/mol. The lowest BCUT2D eigenvalue weighted by Gasteiger charge is -2.09. The van der Waals surface area contributed by atoms with Crippen LogP contribution in [0.3, 0.4) is 0 Å². The predicted molar refractivity (Wildman–Crippen MR) is 60.2 cm³/mol. The van der Waals surface area contributed by atoms with Crippen LogP contribution in [-0.4, -0.2) is 19.1 Å². The monoisotopic (exact) mass is 206 g/mol. The molecule has 1 aromatic heterocycles. The lowest BCUT2D eigenvalue weighted by Crippen LogP contribution is -2.15. The molecule has 0 unspecified atom stereocenters. The molecule has 0 bridgehead atoms. The molecule has 72 valence electrons. The van der Waals surface area contributed by atoms with E-state index < -0.39 is 0 Å². The second-order valence-electron chi connectivity index (χ2n) is 3.19. The minimum atomic E-state index is -0.150. The molecular formula is C10H10N2OS. The molecule has 0 aliphatic heterocycles. The van der Waals surface area contributed by atoms with Gasteiger partial charge in [0.25, 0.3) is 5.56 Å². The molecule has 0 aliphatic carbocycles. The van der Waals surface area contributed by atoms with Gasteiger partial charge in [-0.3, -0.25) is 4.79 Å². The summed E-state index contributed by atoms with van der Waals surface area (Å²) in [5.41, 5.74) is -0.150. The van der Waals surface area contributed by atoms with Crippen LogP contribution in [0.2, 0.25) is 0 Å². The molecule has 0 amide bonds. The van der Waals surface area contributed by atoms with Crippen molar-refractivity contribution in [2.24, 2.45) is 0 Å². The van der Waals surface area contributed by atoms with Crippen molar-refractivity contribution < 1.29 is 0 Å². The maximum absolute atomic E-state index is 11.6. The van der Waals surface area contributed by atoms with E-state index in [4.69, 9.17) is 0 Å². The lowest BCUT2D eigenvalue weighted by atomic mass is 10.3. The summed E-state index contributed by atoms with van der Waals surface area (Å²) in [5.74, 6) is 0. The molecule has 0 atom stereocenters. The highest BCUT2D eigenvalue weighted by Gasteiger charge is 2.04. The predicted octanol–water partition coefficient (Wildman–Crippen LogP) is 1.72. The van der Waals surface area contributed by atoms with Crippen molar-refractivity contribution in [1.29, 1.82) is 0 Å². The SMILES string of the molecule is CN(C)c1nc(=O)c2ccccc2s1. The van der Waals surface area contributed by atoms with Crippen molar-refractivity contribution in [2.75, 3.05) is 19.0 Å². The summed E-state index contributed by atoms with van der Waals surface area (Å²) in [5, 5.41) is 1.44. The van der Waals surface area contributed by atoms with Crippen LogP contribution in [0.25, 0.3) is 10.1 Å². The zero-order valence-electron chi connectivity index (χ0n) is 8.02. The Hall–Kier alpha value is -1.42. The van der Waals surface area contributed by atoms with E-state index in [2.05, 4.69) is 4.98 Å². The maximum atomic E-state index is 11.6. The Bertz CT molecular complexity index is 519. The smallest absolute Gasteiger partial charge is 0.281 e. The van der Waals surface area contributed by atoms with Crippen LogP contribution in [0.1, 0.15) is 0 Å². The summed E-state index contributed by atoms with van der Waals surface area (Å²) >= 11 is 1.52. The highest BCUT2D eigenvalue weighted by molar-refractivity contribution is 7.21. The first-order chi connectivity index (χ1) is 6.68. The van der Waals surface area contributed by atoms with E-state index in [1.807, 2.05) is 37.2 Å². The third-order valence-electron chi connectivity index (χ3n) is 1.90.